The van der Waals surface area contributed by atoms with Crippen LogP contribution in [0, 0.1) is 25.2 Å². The van der Waals surface area contributed by atoms with Gasteiger partial charge in [0.25, 0.3) is 0 Å². The number of primary amides is 1. The van der Waals surface area contributed by atoms with Crippen LogP contribution in [-0.4, -0.2) is 10.5 Å². The quantitative estimate of drug-likeness (QED) is 0.658. The lowest BCUT2D eigenvalue weighted by molar-refractivity contribution is 0.100. The second-order valence-corrected chi connectivity index (χ2v) is 6.69. The van der Waals surface area contributed by atoms with Gasteiger partial charge in [0, 0.05) is 27.7 Å². The number of halogens is 1. The largest absolute Gasteiger partial charge is 0.366 e. The second-order valence-electron chi connectivity index (χ2n) is 6.25. The molecule has 3 rings (SSSR count). The minimum atomic E-state index is -0.451. The molecule has 0 radical (unpaired) electrons. The highest BCUT2D eigenvalue weighted by atomic mass is 35.5. The van der Waals surface area contributed by atoms with E-state index in [4.69, 9.17) is 17.3 Å². The fraction of sp³-hybridized carbons (Fsp3) is 0.0909. The minimum Gasteiger partial charge on any atom is -0.366 e. The zero-order valence-electron chi connectivity index (χ0n) is 15.0. The van der Waals surface area contributed by atoms with Gasteiger partial charge in [0.15, 0.2) is 0 Å². The SMILES string of the molecule is Cc1cc(/C=C(\C#N)c2ccc(Cl)cc2)c(C)n1-c1ccc(C(N)=O)cc1. The molecule has 1 heterocycles. The third kappa shape index (κ3) is 3.79. The summed E-state index contributed by atoms with van der Waals surface area (Å²) in [6.07, 6.45) is 1.87. The number of benzene rings is 2. The van der Waals surface area contributed by atoms with Gasteiger partial charge in [-0.2, -0.15) is 5.26 Å². The van der Waals surface area contributed by atoms with Gasteiger partial charge in [0.2, 0.25) is 5.91 Å². The van der Waals surface area contributed by atoms with Crippen molar-refractivity contribution in [1.82, 2.24) is 4.57 Å². The van der Waals surface area contributed by atoms with E-state index in [1.165, 1.54) is 0 Å². The van der Waals surface area contributed by atoms with Gasteiger partial charge in [0.1, 0.15) is 0 Å². The van der Waals surface area contributed by atoms with E-state index in [-0.39, 0.29) is 0 Å². The number of nitriles is 1. The van der Waals surface area contributed by atoms with Crippen LogP contribution in [0.25, 0.3) is 17.3 Å². The monoisotopic (exact) mass is 375 g/mol. The van der Waals surface area contributed by atoms with Crippen molar-refractivity contribution < 1.29 is 4.79 Å². The number of hydrogen-bond acceptors (Lipinski definition) is 2. The van der Waals surface area contributed by atoms with E-state index in [1.54, 1.807) is 24.3 Å². The average Bonchev–Trinajstić information content (AvgIpc) is 2.94. The van der Waals surface area contributed by atoms with Gasteiger partial charge >= 0.3 is 0 Å². The number of aryl methyl sites for hydroxylation is 1. The normalized spacial score (nSPS) is 11.3. The van der Waals surface area contributed by atoms with Crippen molar-refractivity contribution in [3.63, 3.8) is 0 Å². The molecule has 3 aromatic rings. The first-order chi connectivity index (χ1) is 12.9. The summed E-state index contributed by atoms with van der Waals surface area (Å²) in [7, 11) is 0. The Morgan fingerprint density at radius 1 is 1.07 bits per heavy atom. The lowest BCUT2D eigenvalue weighted by atomic mass is 10.0. The molecule has 0 spiro atoms. The van der Waals surface area contributed by atoms with Gasteiger partial charge in [-0.25, -0.2) is 0 Å². The van der Waals surface area contributed by atoms with Crippen molar-refractivity contribution in [2.24, 2.45) is 5.73 Å². The molecule has 2 N–H and O–H groups in total. The number of hydrogen-bond donors (Lipinski definition) is 1. The molecule has 0 unspecified atom stereocenters. The Kier molecular flexibility index (Phi) is 5.16. The van der Waals surface area contributed by atoms with Crippen LogP contribution >= 0.6 is 11.6 Å². The standard InChI is InChI=1S/C22H18ClN3O/c1-14-11-18(12-19(13-24)16-3-7-20(23)8-4-16)15(2)26(14)21-9-5-17(6-10-21)22(25)27/h3-12H,1-2H3,(H2,25,27)/b19-12+. The maximum absolute atomic E-state index is 11.3. The number of amides is 1. The maximum atomic E-state index is 11.3. The molecule has 0 saturated heterocycles. The van der Waals surface area contributed by atoms with Crippen LogP contribution in [0.4, 0.5) is 0 Å². The molecule has 4 nitrogen and oxygen atoms in total. The third-order valence-electron chi connectivity index (χ3n) is 4.46. The van der Waals surface area contributed by atoms with Crippen molar-refractivity contribution in [1.29, 1.82) is 5.26 Å². The molecule has 2 aromatic carbocycles. The predicted molar refractivity (Wildman–Crippen MR) is 109 cm³/mol. The van der Waals surface area contributed by atoms with Gasteiger partial charge in [-0.1, -0.05) is 23.7 Å². The summed E-state index contributed by atoms with van der Waals surface area (Å²) in [5, 5.41) is 10.2. The Balaban J connectivity index is 2.03. The molecule has 5 heteroatoms. The van der Waals surface area contributed by atoms with Crippen LogP contribution < -0.4 is 5.73 Å². The van der Waals surface area contributed by atoms with Crippen molar-refractivity contribution in [3.8, 4) is 11.8 Å². The van der Waals surface area contributed by atoms with Gasteiger partial charge in [-0.05, 0) is 73.5 Å². The number of carbonyl (C=O) groups excluding carboxylic acids is 1. The van der Waals surface area contributed by atoms with Crippen LogP contribution in [-0.2, 0) is 0 Å². The van der Waals surface area contributed by atoms with E-state index in [2.05, 4.69) is 10.6 Å². The highest BCUT2D eigenvalue weighted by molar-refractivity contribution is 6.30. The predicted octanol–water partition coefficient (Wildman–Crippen LogP) is 4.91. The first-order valence-corrected chi connectivity index (χ1v) is 8.75. The number of nitrogens with zero attached hydrogens (tertiary/aromatic N) is 2. The lowest BCUT2D eigenvalue weighted by Crippen LogP contribution is -2.10. The molecular formula is C22H18ClN3O. The first kappa shape index (κ1) is 18.5. The maximum Gasteiger partial charge on any atom is 0.248 e. The Labute approximate surface area is 163 Å². The Bertz CT molecular complexity index is 1070. The van der Waals surface area contributed by atoms with Gasteiger partial charge < -0.3 is 10.3 Å². The fourth-order valence-corrected chi connectivity index (χ4v) is 3.20. The minimum absolute atomic E-state index is 0.451. The summed E-state index contributed by atoms with van der Waals surface area (Å²) in [4.78, 5) is 11.3. The molecular weight excluding hydrogens is 358 g/mol. The molecule has 0 fully saturated rings. The topological polar surface area (TPSA) is 71.8 Å². The van der Waals surface area contributed by atoms with Gasteiger partial charge in [-0.15, -0.1) is 0 Å². The van der Waals surface area contributed by atoms with Gasteiger partial charge in [-0.3, -0.25) is 4.79 Å². The summed E-state index contributed by atoms with van der Waals surface area (Å²) in [5.74, 6) is -0.451. The van der Waals surface area contributed by atoms with E-state index in [0.29, 0.717) is 16.2 Å². The second kappa shape index (κ2) is 7.53. The molecule has 0 atom stereocenters. The van der Waals surface area contributed by atoms with Crippen LogP contribution in [0.5, 0.6) is 0 Å². The Hall–Kier alpha value is -3.29. The molecule has 0 aliphatic heterocycles. The molecule has 0 saturated carbocycles. The summed E-state index contributed by atoms with van der Waals surface area (Å²) in [5.41, 5.74) is 11.1. The molecule has 0 aliphatic rings. The molecule has 1 amide bonds. The fourth-order valence-electron chi connectivity index (χ4n) is 3.07. The Morgan fingerprint density at radius 3 is 2.22 bits per heavy atom. The molecule has 0 bridgehead atoms. The van der Waals surface area contributed by atoms with E-state index in [9.17, 15) is 10.1 Å². The van der Waals surface area contributed by atoms with E-state index >= 15 is 0 Å². The van der Waals surface area contributed by atoms with Crippen LogP contribution in [0.2, 0.25) is 5.02 Å². The van der Waals surface area contributed by atoms with Gasteiger partial charge in [0.05, 0.1) is 11.6 Å². The highest BCUT2D eigenvalue weighted by Crippen LogP contribution is 2.26. The lowest BCUT2D eigenvalue weighted by Gasteiger charge is -2.10. The number of allylic oxidation sites excluding steroid dienone is 1. The van der Waals surface area contributed by atoms with Crippen LogP contribution in [0.3, 0.4) is 0 Å². The molecule has 27 heavy (non-hydrogen) atoms. The van der Waals surface area contributed by atoms with Crippen molar-refractivity contribution in [3.05, 3.63) is 87.7 Å². The molecule has 134 valence electrons. The van der Waals surface area contributed by atoms with E-state index < -0.39 is 5.91 Å². The number of nitrogens with two attached hydrogens (primary N) is 1. The summed E-state index contributed by atoms with van der Waals surface area (Å²) >= 11 is 5.93. The smallest absolute Gasteiger partial charge is 0.248 e. The summed E-state index contributed by atoms with van der Waals surface area (Å²) < 4.78 is 2.08. The van der Waals surface area contributed by atoms with Crippen LogP contribution in [0.1, 0.15) is 32.9 Å². The van der Waals surface area contributed by atoms with Crippen molar-refractivity contribution >= 4 is 29.2 Å². The molecule has 1 aromatic heterocycles. The third-order valence-corrected chi connectivity index (χ3v) is 4.71. The average molecular weight is 376 g/mol. The summed E-state index contributed by atoms with van der Waals surface area (Å²) in [6, 6.07) is 18.6. The van der Waals surface area contributed by atoms with E-state index in [1.807, 2.05) is 50.3 Å². The van der Waals surface area contributed by atoms with Crippen molar-refractivity contribution in [2.45, 2.75) is 13.8 Å². The highest BCUT2D eigenvalue weighted by Gasteiger charge is 2.11. The first-order valence-electron chi connectivity index (χ1n) is 8.37. The van der Waals surface area contributed by atoms with Crippen molar-refractivity contribution in [2.75, 3.05) is 0 Å². The zero-order chi connectivity index (χ0) is 19.6. The van der Waals surface area contributed by atoms with Crippen LogP contribution in [0.15, 0.2) is 54.6 Å². The summed E-state index contributed by atoms with van der Waals surface area (Å²) in [6.45, 7) is 4.00. The number of rotatable bonds is 4. The zero-order valence-corrected chi connectivity index (χ0v) is 15.8. The number of carbonyl (C=O) groups is 1. The number of aromatic nitrogens is 1. The molecule has 0 aliphatic carbocycles. The Morgan fingerprint density at radius 2 is 1.67 bits per heavy atom. The van der Waals surface area contributed by atoms with E-state index in [0.717, 1.165) is 28.2 Å².